The lowest BCUT2D eigenvalue weighted by atomic mass is 9.89. The maximum atomic E-state index is 11.5. The van der Waals surface area contributed by atoms with Gasteiger partial charge in [-0.15, -0.1) is 0 Å². The third-order valence-corrected chi connectivity index (χ3v) is 3.72. The maximum absolute atomic E-state index is 11.5. The summed E-state index contributed by atoms with van der Waals surface area (Å²) in [5.74, 6) is -0.378. The lowest BCUT2D eigenvalue weighted by molar-refractivity contribution is -0.130. The molecule has 0 bridgehead atoms. The van der Waals surface area contributed by atoms with Crippen LogP contribution in [-0.4, -0.2) is 11.1 Å². The Bertz CT molecular complexity index is 651. The van der Waals surface area contributed by atoms with Crippen LogP contribution < -0.4 is 0 Å². The summed E-state index contributed by atoms with van der Waals surface area (Å²) in [4.78, 5) is 11.5. The number of carboxylic acids is 1. The molecule has 3 rings (SSSR count). The number of carbonyl (C=O) groups is 1. The molecule has 1 N–H and O–H groups in total. The van der Waals surface area contributed by atoms with Gasteiger partial charge in [0.05, 0.1) is 11.8 Å². The van der Waals surface area contributed by atoms with Gasteiger partial charge < -0.3 is 9.52 Å². The fraction of sp³-hybridized carbons (Fsp3) is 0.235. The minimum atomic E-state index is -0.933. The highest BCUT2D eigenvalue weighted by Crippen LogP contribution is 2.26. The van der Waals surface area contributed by atoms with Gasteiger partial charge in [0.15, 0.2) is 0 Å². The van der Waals surface area contributed by atoms with Crippen molar-refractivity contribution in [2.24, 2.45) is 0 Å². The Kier molecular flexibility index (Phi) is 3.42. The fourth-order valence-electron chi connectivity index (χ4n) is 2.69. The predicted octanol–water partition coefficient (Wildman–Crippen LogP) is 3.78. The van der Waals surface area contributed by atoms with Crippen LogP contribution in [0.3, 0.4) is 0 Å². The Labute approximate surface area is 117 Å². The first-order valence-corrected chi connectivity index (χ1v) is 6.85. The van der Waals surface area contributed by atoms with E-state index in [0.29, 0.717) is 5.76 Å². The van der Waals surface area contributed by atoms with Crippen molar-refractivity contribution in [3.63, 3.8) is 0 Å². The van der Waals surface area contributed by atoms with Crippen LogP contribution in [0.2, 0.25) is 0 Å². The minimum Gasteiger partial charge on any atom is -0.478 e. The summed E-state index contributed by atoms with van der Waals surface area (Å²) in [5.41, 5.74) is 3.64. The molecule has 1 aliphatic rings. The molecule has 0 aliphatic heterocycles. The van der Waals surface area contributed by atoms with Crippen molar-refractivity contribution >= 4 is 17.6 Å². The fourth-order valence-corrected chi connectivity index (χ4v) is 2.69. The van der Waals surface area contributed by atoms with Gasteiger partial charge >= 0.3 is 5.97 Å². The minimum absolute atomic E-state index is 0.272. The molecule has 3 heteroatoms. The zero-order valence-electron chi connectivity index (χ0n) is 11.1. The quantitative estimate of drug-likeness (QED) is 0.862. The molecule has 20 heavy (non-hydrogen) atoms. The molecule has 0 unspecified atom stereocenters. The van der Waals surface area contributed by atoms with Gasteiger partial charge in [-0.2, -0.15) is 0 Å². The van der Waals surface area contributed by atoms with Crippen LogP contribution in [0.5, 0.6) is 0 Å². The van der Waals surface area contributed by atoms with Crippen molar-refractivity contribution < 1.29 is 14.3 Å². The van der Waals surface area contributed by atoms with E-state index in [-0.39, 0.29) is 5.57 Å². The van der Waals surface area contributed by atoms with E-state index >= 15 is 0 Å². The summed E-state index contributed by atoms with van der Waals surface area (Å²) in [6, 6.07) is 9.46. The number of fused-ring (bicyclic) bond motifs is 1. The van der Waals surface area contributed by atoms with Crippen LogP contribution in [0.4, 0.5) is 0 Å². The van der Waals surface area contributed by atoms with E-state index in [1.165, 1.54) is 30.2 Å². The van der Waals surface area contributed by atoms with E-state index < -0.39 is 5.97 Å². The second-order valence-electron chi connectivity index (χ2n) is 5.07. The molecule has 102 valence electrons. The van der Waals surface area contributed by atoms with E-state index in [4.69, 9.17) is 4.42 Å². The Morgan fingerprint density at radius 2 is 1.95 bits per heavy atom. The molecule has 2 aromatic rings. The molecule has 3 nitrogen and oxygen atoms in total. The lowest BCUT2D eigenvalue weighted by Crippen LogP contribution is -2.05. The standard InChI is InChI=1S/C17H16O3/c18-17(19)16(11-15-6-3-9-20-15)14-8-7-12-4-1-2-5-13(12)10-14/h3,6-11H,1-2,4-5H2,(H,18,19)/b16-11-. The highest BCUT2D eigenvalue weighted by Gasteiger charge is 2.15. The van der Waals surface area contributed by atoms with Gasteiger partial charge in [-0.05, 0) is 60.6 Å². The van der Waals surface area contributed by atoms with Crippen molar-refractivity contribution in [1.82, 2.24) is 0 Å². The molecular formula is C17H16O3. The Balaban J connectivity index is 2.02. The number of rotatable bonds is 3. The third kappa shape index (κ3) is 2.52. The summed E-state index contributed by atoms with van der Waals surface area (Å²) >= 11 is 0. The van der Waals surface area contributed by atoms with Gasteiger partial charge in [-0.25, -0.2) is 4.79 Å². The summed E-state index contributed by atoms with van der Waals surface area (Å²) in [5, 5.41) is 9.42. The van der Waals surface area contributed by atoms with Crippen LogP contribution in [-0.2, 0) is 17.6 Å². The van der Waals surface area contributed by atoms with Gasteiger partial charge in [0.2, 0.25) is 0 Å². The van der Waals surface area contributed by atoms with E-state index in [1.807, 2.05) is 12.1 Å². The third-order valence-electron chi connectivity index (χ3n) is 3.72. The highest BCUT2D eigenvalue weighted by atomic mass is 16.4. The van der Waals surface area contributed by atoms with Crippen molar-refractivity contribution in [3.05, 3.63) is 59.0 Å². The number of aryl methyl sites for hydroxylation is 2. The first kappa shape index (κ1) is 12.7. The predicted molar refractivity (Wildman–Crippen MR) is 77.3 cm³/mol. The summed E-state index contributed by atoms with van der Waals surface area (Å²) < 4.78 is 5.21. The van der Waals surface area contributed by atoms with E-state index in [0.717, 1.165) is 18.4 Å². The first-order valence-electron chi connectivity index (χ1n) is 6.85. The zero-order valence-corrected chi connectivity index (χ0v) is 11.1. The van der Waals surface area contributed by atoms with Crippen LogP contribution in [0.1, 0.15) is 35.3 Å². The van der Waals surface area contributed by atoms with Crippen LogP contribution >= 0.6 is 0 Å². The molecular weight excluding hydrogens is 252 g/mol. The van der Waals surface area contributed by atoms with Gasteiger partial charge in [0, 0.05) is 0 Å². The topological polar surface area (TPSA) is 50.4 Å². The van der Waals surface area contributed by atoms with Crippen molar-refractivity contribution in [2.75, 3.05) is 0 Å². The summed E-state index contributed by atoms with van der Waals surface area (Å²) in [7, 11) is 0. The Morgan fingerprint density at radius 1 is 1.15 bits per heavy atom. The van der Waals surface area contributed by atoms with Crippen molar-refractivity contribution in [2.45, 2.75) is 25.7 Å². The smallest absolute Gasteiger partial charge is 0.336 e. The molecule has 0 amide bonds. The lowest BCUT2D eigenvalue weighted by Gasteiger charge is -2.16. The van der Waals surface area contributed by atoms with Gasteiger partial charge in [0.25, 0.3) is 0 Å². The number of aliphatic carboxylic acids is 1. The molecule has 1 heterocycles. The molecule has 0 saturated carbocycles. The second kappa shape index (κ2) is 5.37. The monoisotopic (exact) mass is 268 g/mol. The van der Waals surface area contributed by atoms with Crippen LogP contribution in [0, 0.1) is 0 Å². The largest absolute Gasteiger partial charge is 0.478 e. The second-order valence-corrected chi connectivity index (χ2v) is 5.07. The number of hydrogen-bond acceptors (Lipinski definition) is 2. The average molecular weight is 268 g/mol. The van der Waals surface area contributed by atoms with E-state index in [1.54, 1.807) is 18.2 Å². The number of hydrogen-bond donors (Lipinski definition) is 1. The molecule has 0 radical (unpaired) electrons. The SMILES string of the molecule is O=C(O)/C(=C\c1ccco1)c1ccc2c(c1)CCCC2. The van der Waals surface area contributed by atoms with E-state index in [2.05, 4.69) is 6.07 Å². The highest BCUT2D eigenvalue weighted by molar-refractivity contribution is 6.20. The van der Waals surface area contributed by atoms with Crippen LogP contribution in [0.15, 0.2) is 41.0 Å². The molecule has 0 fully saturated rings. The molecule has 1 aliphatic carbocycles. The molecule has 1 aromatic heterocycles. The van der Waals surface area contributed by atoms with Crippen molar-refractivity contribution in [3.8, 4) is 0 Å². The molecule has 0 atom stereocenters. The molecule has 0 spiro atoms. The number of carboxylic acid groups (broad SMARTS) is 1. The Morgan fingerprint density at radius 3 is 2.65 bits per heavy atom. The zero-order chi connectivity index (χ0) is 13.9. The first-order chi connectivity index (χ1) is 9.74. The average Bonchev–Trinajstić information content (AvgIpc) is 2.97. The summed E-state index contributed by atoms with van der Waals surface area (Å²) in [6.45, 7) is 0. The normalized spacial score (nSPS) is 14.9. The van der Waals surface area contributed by atoms with Crippen LogP contribution in [0.25, 0.3) is 11.6 Å². The number of furan rings is 1. The summed E-state index contributed by atoms with van der Waals surface area (Å²) in [6.07, 6.45) is 7.66. The van der Waals surface area contributed by atoms with E-state index in [9.17, 15) is 9.90 Å². The molecule has 1 aromatic carbocycles. The molecule has 0 saturated heterocycles. The van der Waals surface area contributed by atoms with Gasteiger partial charge in [-0.3, -0.25) is 0 Å². The Hall–Kier alpha value is -2.29. The van der Waals surface area contributed by atoms with Crippen molar-refractivity contribution in [1.29, 1.82) is 0 Å². The number of benzene rings is 1. The van der Waals surface area contributed by atoms with Gasteiger partial charge in [-0.1, -0.05) is 18.2 Å². The maximum Gasteiger partial charge on any atom is 0.336 e. The van der Waals surface area contributed by atoms with Gasteiger partial charge in [0.1, 0.15) is 5.76 Å².